The van der Waals surface area contributed by atoms with Gasteiger partial charge in [-0.3, -0.25) is 9.98 Å². The van der Waals surface area contributed by atoms with Crippen LogP contribution in [0.25, 0.3) is 16.5 Å². The highest BCUT2D eigenvalue weighted by molar-refractivity contribution is 7.88. The third kappa shape index (κ3) is 5.08. The largest absolute Gasteiger partial charge is 0.416 e. The fourth-order valence-corrected chi connectivity index (χ4v) is 5.25. The van der Waals surface area contributed by atoms with Crippen molar-refractivity contribution in [2.75, 3.05) is 19.3 Å². The molecule has 1 atom stereocenters. The van der Waals surface area contributed by atoms with E-state index in [1.807, 2.05) is 30.7 Å². The van der Waals surface area contributed by atoms with Gasteiger partial charge in [0, 0.05) is 25.5 Å². The van der Waals surface area contributed by atoms with E-state index in [0.29, 0.717) is 35.5 Å². The second-order valence-electron chi connectivity index (χ2n) is 9.05. The van der Waals surface area contributed by atoms with Gasteiger partial charge < -0.3 is 4.57 Å². The first kappa shape index (κ1) is 26.0. The summed E-state index contributed by atoms with van der Waals surface area (Å²) in [6.07, 6.45) is 0.843. The van der Waals surface area contributed by atoms with Gasteiger partial charge in [-0.2, -0.15) is 17.5 Å². The summed E-state index contributed by atoms with van der Waals surface area (Å²) in [5, 5.41) is 0.719. The topological polar surface area (TPSA) is 80.5 Å². The Balaban J connectivity index is 1.82. The lowest BCUT2D eigenvalue weighted by molar-refractivity contribution is -0.138. The quantitative estimate of drug-likeness (QED) is 0.515. The third-order valence-corrected chi connectivity index (χ3v) is 7.92. The van der Waals surface area contributed by atoms with E-state index >= 15 is 0 Å². The van der Waals surface area contributed by atoms with Crippen LogP contribution in [-0.2, 0) is 23.2 Å². The van der Waals surface area contributed by atoms with Crippen molar-refractivity contribution in [3.63, 3.8) is 0 Å². The summed E-state index contributed by atoms with van der Waals surface area (Å²) >= 11 is 0. The summed E-state index contributed by atoms with van der Waals surface area (Å²) in [6, 6.07) is 5.44. The summed E-state index contributed by atoms with van der Waals surface area (Å²) in [5.74, 6) is 0.685. The van der Waals surface area contributed by atoms with Gasteiger partial charge in [0.05, 0.1) is 35.3 Å². The molecule has 3 aromatic rings. The van der Waals surface area contributed by atoms with Gasteiger partial charge in [0.25, 0.3) is 0 Å². The van der Waals surface area contributed by atoms with Gasteiger partial charge in [-0.25, -0.2) is 13.4 Å². The van der Waals surface area contributed by atoms with E-state index in [-0.39, 0.29) is 12.1 Å². The first-order valence-corrected chi connectivity index (χ1v) is 13.3. The zero-order valence-corrected chi connectivity index (χ0v) is 21.6. The molecule has 0 aliphatic carbocycles. The Bertz CT molecular complexity index is 1540. The van der Waals surface area contributed by atoms with Crippen molar-refractivity contribution in [3.8, 4) is 0 Å². The maximum atomic E-state index is 13.4. The van der Waals surface area contributed by atoms with E-state index in [4.69, 9.17) is 4.99 Å². The van der Waals surface area contributed by atoms with E-state index < -0.39 is 27.8 Å². The van der Waals surface area contributed by atoms with Crippen molar-refractivity contribution in [1.82, 2.24) is 18.8 Å². The molecule has 3 heterocycles. The van der Waals surface area contributed by atoms with Crippen LogP contribution in [-0.4, -0.2) is 46.6 Å². The van der Waals surface area contributed by atoms with Crippen LogP contribution >= 0.6 is 0 Å². The van der Waals surface area contributed by atoms with E-state index in [1.54, 1.807) is 19.2 Å². The number of aromatic nitrogens is 3. The third-order valence-electron chi connectivity index (χ3n) is 6.66. The SMILES string of the molecule is Cc1c(C(C)N=c2nc(C)n(C)c3cnc(C4=CCN(S(C)(=O)=O)CC4)cc23)cccc1C(F)(F)F. The number of alkyl halides is 3. The molecule has 0 saturated carbocycles. The molecule has 1 aliphatic rings. The highest BCUT2D eigenvalue weighted by Gasteiger charge is 2.33. The predicted octanol–water partition coefficient (Wildman–Crippen LogP) is 4.31. The van der Waals surface area contributed by atoms with Crippen LogP contribution in [0.15, 0.2) is 41.5 Å². The van der Waals surface area contributed by atoms with Gasteiger partial charge >= 0.3 is 6.18 Å². The fourth-order valence-electron chi connectivity index (χ4n) is 4.48. The number of fused-ring (bicyclic) bond motifs is 1. The minimum atomic E-state index is -4.44. The summed E-state index contributed by atoms with van der Waals surface area (Å²) in [4.78, 5) is 14.0. The molecule has 1 aliphatic heterocycles. The Hall–Kier alpha value is -3.05. The molecule has 1 aromatic carbocycles. The Kier molecular flexibility index (Phi) is 6.82. The number of pyridine rings is 1. The molecule has 11 heteroatoms. The summed E-state index contributed by atoms with van der Waals surface area (Å²) in [5.41, 5.74) is 2.78. The molecule has 7 nitrogen and oxygen atoms in total. The van der Waals surface area contributed by atoms with Crippen LogP contribution in [0, 0.1) is 13.8 Å². The second-order valence-corrected chi connectivity index (χ2v) is 11.0. The Labute approximate surface area is 208 Å². The fraction of sp³-hybridized carbons (Fsp3) is 0.400. The average molecular weight is 520 g/mol. The lowest BCUT2D eigenvalue weighted by Gasteiger charge is -2.24. The van der Waals surface area contributed by atoms with Crippen molar-refractivity contribution in [1.29, 1.82) is 0 Å². The molecule has 0 radical (unpaired) electrons. The summed E-state index contributed by atoms with van der Waals surface area (Å²) in [7, 11) is -1.41. The number of hydrogen-bond acceptors (Lipinski definition) is 5. The van der Waals surface area contributed by atoms with E-state index in [2.05, 4.69) is 9.97 Å². The van der Waals surface area contributed by atoms with Crippen LogP contribution in [0.5, 0.6) is 0 Å². The maximum Gasteiger partial charge on any atom is 0.416 e. The number of rotatable bonds is 4. The number of halogens is 3. The molecule has 0 spiro atoms. The van der Waals surface area contributed by atoms with Gasteiger partial charge in [0.15, 0.2) is 5.49 Å². The number of sulfonamides is 1. The predicted molar refractivity (Wildman–Crippen MR) is 132 cm³/mol. The van der Waals surface area contributed by atoms with E-state index in [9.17, 15) is 21.6 Å². The maximum absolute atomic E-state index is 13.4. The molecular formula is C25H28F3N5O2S. The van der Waals surface area contributed by atoms with Crippen LogP contribution in [0.2, 0.25) is 0 Å². The van der Waals surface area contributed by atoms with Gasteiger partial charge in [0.1, 0.15) is 5.82 Å². The Morgan fingerprint density at radius 3 is 2.53 bits per heavy atom. The lowest BCUT2D eigenvalue weighted by Crippen LogP contribution is -2.33. The Morgan fingerprint density at radius 1 is 1.19 bits per heavy atom. The molecule has 1 unspecified atom stereocenters. The van der Waals surface area contributed by atoms with Crippen molar-refractivity contribution in [2.45, 2.75) is 39.4 Å². The molecule has 0 amide bonds. The smallest absolute Gasteiger partial charge is 0.331 e. The first-order chi connectivity index (χ1) is 16.8. The number of benzene rings is 1. The minimum absolute atomic E-state index is 0.147. The van der Waals surface area contributed by atoms with Crippen molar-refractivity contribution < 1.29 is 21.6 Å². The van der Waals surface area contributed by atoms with Crippen molar-refractivity contribution >= 4 is 26.5 Å². The Morgan fingerprint density at radius 2 is 1.92 bits per heavy atom. The minimum Gasteiger partial charge on any atom is -0.331 e. The van der Waals surface area contributed by atoms with E-state index in [0.717, 1.165) is 22.5 Å². The van der Waals surface area contributed by atoms with Crippen LogP contribution in [0.1, 0.15) is 47.6 Å². The number of nitrogens with zero attached hydrogens (tertiary/aromatic N) is 5. The normalized spacial score (nSPS) is 16.9. The standard InChI is InChI=1S/C25H28F3N5O2S/c1-15-19(7-6-8-21(15)25(26,27)28)16(2)30-24-20-13-22(29-14-23(20)32(4)17(3)31-24)18-9-11-33(12-10-18)36(5,34)35/h6-9,13-14,16H,10-12H2,1-5H3. The zero-order chi connectivity index (χ0) is 26.4. The average Bonchev–Trinajstić information content (AvgIpc) is 2.81. The molecule has 0 saturated heterocycles. The lowest BCUT2D eigenvalue weighted by atomic mass is 9.97. The molecule has 4 rings (SSSR count). The second kappa shape index (κ2) is 9.44. The molecule has 0 N–H and O–H groups in total. The zero-order valence-electron chi connectivity index (χ0n) is 20.8. The molecule has 2 aromatic heterocycles. The van der Waals surface area contributed by atoms with Gasteiger partial charge in [-0.05, 0) is 56.0 Å². The number of aryl methyl sites for hydroxylation is 2. The van der Waals surface area contributed by atoms with Gasteiger partial charge in [-0.15, -0.1) is 0 Å². The van der Waals surface area contributed by atoms with E-state index in [1.165, 1.54) is 23.6 Å². The highest BCUT2D eigenvalue weighted by Crippen LogP contribution is 2.35. The molecule has 192 valence electrons. The molecule has 36 heavy (non-hydrogen) atoms. The van der Waals surface area contributed by atoms with Crippen LogP contribution in [0.4, 0.5) is 13.2 Å². The monoisotopic (exact) mass is 519 g/mol. The van der Waals surface area contributed by atoms with Crippen LogP contribution in [0.3, 0.4) is 0 Å². The number of hydrogen-bond donors (Lipinski definition) is 0. The molecule has 0 bridgehead atoms. The van der Waals surface area contributed by atoms with Crippen molar-refractivity contribution in [2.24, 2.45) is 12.0 Å². The summed E-state index contributed by atoms with van der Waals surface area (Å²) < 4.78 is 67.3. The first-order valence-electron chi connectivity index (χ1n) is 11.5. The van der Waals surface area contributed by atoms with Gasteiger partial charge in [-0.1, -0.05) is 18.2 Å². The highest BCUT2D eigenvalue weighted by atomic mass is 32.2. The molecule has 0 fully saturated rings. The summed E-state index contributed by atoms with van der Waals surface area (Å²) in [6.45, 7) is 5.69. The van der Waals surface area contributed by atoms with Crippen molar-refractivity contribution in [3.05, 3.63) is 70.2 Å². The van der Waals surface area contributed by atoms with Crippen LogP contribution < -0.4 is 5.49 Å². The molecular weight excluding hydrogens is 491 g/mol. The van der Waals surface area contributed by atoms with Gasteiger partial charge in [0.2, 0.25) is 10.0 Å².